The Morgan fingerprint density at radius 2 is 1.00 bits per heavy atom. The summed E-state index contributed by atoms with van der Waals surface area (Å²) in [4.78, 5) is 2.33. The first-order chi connectivity index (χ1) is 22.5. The molecule has 0 radical (unpaired) electrons. The summed E-state index contributed by atoms with van der Waals surface area (Å²) in [6.45, 7) is 6.61. The van der Waals surface area contributed by atoms with Crippen molar-refractivity contribution in [1.82, 2.24) is 4.90 Å². The molecule has 46 heavy (non-hydrogen) atoms. The lowest BCUT2D eigenvalue weighted by Crippen LogP contribution is -2.55. The van der Waals surface area contributed by atoms with Gasteiger partial charge in [-0.1, -0.05) is 153 Å². The fraction of sp³-hybridized carbons (Fsp3) is 0.860. The van der Waals surface area contributed by atoms with Crippen LogP contribution in [0.25, 0.3) is 0 Å². The third-order valence-corrected chi connectivity index (χ3v) is 10.7. The van der Waals surface area contributed by atoms with E-state index in [0.717, 1.165) is 32.4 Å². The van der Waals surface area contributed by atoms with E-state index in [9.17, 15) is 5.11 Å². The zero-order chi connectivity index (χ0) is 33.0. The molecule has 2 fully saturated rings. The number of unbranched alkanes of at least 4 members (excludes halogenated alkanes) is 20. The van der Waals surface area contributed by atoms with E-state index in [4.69, 9.17) is 4.74 Å². The zero-order valence-corrected chi connectivity index (χ0v) is 31.3. The molecule has 1 saturated carbocycles. The Balaban J connectivity index is 1.56. The number of ether oxygens (including phenoxy) is 1. The maximum absolute atomic E-state index is 11.3. The van der Waals surface area contributed by atoms with Crippen molar-refractivity contribution in [2.24, 2.45) is 5.41 Å². The molecule has 0 amide bonds. The van der Waals surface area contributed by atoms with Crippen molar-refractivity contribution in [2.45, 2.75) is 212 Å². The molecule has 2 aliphatic rings. The first-order valence-corrected chi connectivity index (χ1v) is 20.6. The number of hydrogen-bond acceptors (Lipinski definition) is 3. The van der Waals surface area contributed by atoms with Crippen LogP contribution in [0.1, 0.15) is 200 Å². The van der Waals surface area contributed by atoms with Gasteiger partial charge in [0.15, 0.2) is 5.79 Å². The smallest absolute Gasteiger partial charge is 0.166 e. The van der Waals surface area contributed by atoms with Crippen molar-refractivity contribution in [1.29, 1.82) is 0 Å². The topological polar surface area (TPSA) is 32.7 Å². The number of likely N-dealkylation sites (tertiary alicyclic amines) is 1. The maximum Gasteiger partial charge on any atom is 0.166 e. The standard InChI is InChI=1S/C43H79NO2/c1-4-6-8-10-12-14-16-18-20-22-24-26-28-30-32-35-42(39-43(45,40-42)46-41-34-37-44(3)38-41)36-33-31-29-27-25-23-21-19-17-15-13-11-9-7-5-2/h12,14,16-19,41,45H,4-11,13,15,20-40H2,1-3H3/b14-12+,18-16-,19-17-. The molecule has 0 aromatic heterocycles. The van der Waals surface area contributed by atoms with Crippen LogP contribution in [-0.4, -0.2) is 42.0 Å². The second-order valence-electron chi connectivity index (χ2n) is 15.4. The van der Waals surface area contributed by atoms with Crippen LogP contribution in [0.3, 0.4) is 0 Å². The molecule has 1 aliphatic heterocycles. The van der Waals surface area contributed by atoms with Gasteiger partial charge < -0.3 is 14.7 Å². The lowest BCUT2D eigenvalue weighted by Gasteiger charge is -2.54. The monoisotopic (exact) mass is 642 g/mol. The molecule has 1 N–H and O–H groups in total. The first-order valence-electron chi connectivity index (χ1n) is 20.6. The summed E-state index contributed by atoms with van der Waals surface area (Å²) >= 11 is 0. The van der Waals surface area contributed by atoms with Crippen molar-refractivity contribution in [3.63, 3.8) is 0 Å². The Labute approximate surface area is 288 Å². The molecule has 0 aromatic rings. The summed E-state index contributed by atoms with van der Waals surface area (Å²) in [5, 5.41) is 11.3. The van der Waals surface area contributed by atoms with E-state index >= 15 is 0 Å². The molecule has 268 valence electrons. The highest BCUT2D eigenvalue weighted by Gasteiger charge is 2.54. The number of nitrogens with zero attached hydrogens (tertiary/aromatic N) is 1. The van der Waals surface area contributed by atoms with Crippen molar-refractivity contribution in [2.75, 3.05) is 20.1 Å². The van der Waals surface area contributed by atoms with Gasteiger partial charge in [0, 0.05) is 25.9 Å². The molecular formula is C43H79NO2. The Morgan fingerprint density at radius 3 is 1.48 bits per heavy atom. The van der Waals surface area contributed by atoms with Gasteiger partial charge in [0.2, 0.25) is 0 Å². The number of aliphatic hydroxyl groups is 1. The minimum absolute atomic E-state index is 0.213. The van der Waals surface area contributed by atoms with Crippen LogP contribution in [0.2, 0.25) is 0 Å². The Bertz CT molecular complexity index is 780. The normalized spacial score (nSPS) is 23.9. The maximum atomic E-state index is 11.3. The minimum Gasteiger partial charge on any atom is -0.365 e. The summed E-state index contributed by atoms with van der Waals surface area (Å²) in [6, 6.07) is 0. The number of hydrogen-bond donors (Lipinski definition) is 1. The minimum atomic E-state index is -0.864. The van der Waals surface area contributed by atoms with Crippen LogP contribution in [0, 0.1) is 5.41 Å². The van der Waals surface area contributed by atoms with Crippen LogP contribution in [0.15, 0.2) is 36.5 Å². The lowest BCUT2D eigenvalue weighted by molar-refractivity contribution is -0.313. The van der Waals surface area contributed by atoms with E-state index in [2.05, 4.69) is 62.3 Å². The summed E-state index contributed by atoms with van der Waals surface area (Å²) in [5.41, 5.74) is 0.315. The van der Waals surface area contributed by atoms with E-state index in [1.54, 1.807) is 0 Å². The Kier molecular flexibility index (Phi) is 24.2. The van der Waals surface area contributed by atoms with Gasteiger partial charge >= 0.3 is 0 Å². The van der Waals surface area contributed by atoms with Gasteiger partial charge in [-0.2, -0.15) is 0 Å². The average Bonchev–Trinajstić information content (AvgIpc) is 3.43. The fourth-order valence-corrected chi connectivity index (χ4v) is 7.88. The van der Waals surface area contributed by atoms with Gasteiger partial charge in [-0.3, -0.25) is 0 Å². The van der Waals surface area contributed by atoms with Crippen LogP contribution >= 0.6 is 0 Å². The highest BCUT2D eigenvalue weighted by molar-refractivity contribution is 5.02. The van der Waals surface area contributed by atoms with Crippen LogP contribution in [-0.2, 0) is 4.74 Å². The summed E-state index contributed by atoms with van der Waals surface area (Å²) in [6.07, 6.45) is 51.7. The van der Waals surface area contributed by atoms with Gasteiger partial charge in [-0.15, -0.1) is 0 Å². The second-order valence-corrected chi connectivity index (χ2v) is 15.4. The Hall–Kier alpha value is -0.900. The molecule has 1 atom stereocenters. The molecule has 2 rings (SSSR count). The molecule has 3 nitrogen and oxygen atoms in total. The van der Waals surface area contributed by atoms with E-state index < -0.39 is 5.79 Å². The van der Waals surface area contributed by atoms with Crippen LogP contribution < -0.4 is 0 Å². The van der Waals surface area contributed by atoms with Crippen molar-refractivity contribution < 1.29 is 9.84 Å². The number of allylic oxidation sites excluding steroid dienone is 6. The van der Waals surface area contributed by atoms with Gasteiger partial charge in [0.05, 0.1) is 6.10 Å². The third-order valence-electron chi connectivity index (χ3n) is 10.7. The highest BCUT2D eigenvalue weighted by atomic mass is 16.6. The highest BCUT2D eigenvalue weighted by Crippen LogP contribution is 2.56. The molecule has 1 unspecified atom stereocenters. The largest absolute Gasteiger partial charge is 0.365 e. The van der Waals surface area contributed by atoms with Crippen LogP contribution in [0.5, 0.6) is 0 Å². The Morgan fingerprint density at radius 1 is 0.587 bits per heavy atom. The van der Waals surface area contributed by atoms with Gasteiger partial charge in [-0.05, 0) is 83.1 Å². The van der Waals surface area contributed by atoms with Crippen LogP contribution in [0.4, 0.5) is 0 Å². The van der Waals surface area contributed by atoms with Crippen molar-refractivity contribution in [3.8, 4) is 0 Å². The quantitative estimate of drug-likeness (QED) is 0.0354. The van der Waals surface area contributed by atoms with Gasteiger partial charge in [0.1, 0.15) is 0 Å². The van der Waals surface area contributed by atoms with E-state index in [-0.39, 0.29) is 6.10 Å². The summed E-state index contributed by atoms with van der Waals surface area (Å²) in [7, 11) is 2.16. The SMILES string of the molecule is CCCCC/C=C/C=C\CCCCCCCCC1(CCCCCCCC/C=C\CCCCCCC)CC(O)(OC2CCN(C)C2)C1. The summed E-state index contributed by atoms with van der Waals surface area (Å²) in [5.74, 6) is -0.864. The molecule has 1 heterocycles. The first kappa shape index (κ1) is 41.3. The molecule has 1 saturated heterocycles. The predicted molar refractivity (Wildman–Crippen MR) is 202 cm³/mol. The summed E-state index contributed by atoms with van der Waals surface area (Å²) < 4.78 is 6.32. The molecule has 1 aliphatic carbocycles. The van der Waals surface area contributed by atoms with Gasteiger partial charge in [0.25, 0.3) is 0 Å². The predicted octanol–water partition coefficient (Wildman–Crippen LogP) is 13.0. The van der Waals surface area contributed by atoms with E-state index in [0.29, 0.717) is 5.41 Å². The molecule has 0 spiro atoms. The van der Waals surface area contributed by atoms with E-state index in [1.165, 1.54) is 167 Å². The number of rotatable bonds is 31. The van der Waals surface area contributed by atoms with E-state index in [1.807, 2.05) is 0 Å². The molecule has 0 aromatic carbocycles. The van der Waals surface area contributed by atoms with Crippen molar-refractivity contribution in [3.05, 3.63) is 36.5 Å². The fourth-order valence-electron chi connectivity index (χ4n) is 7.88. The molecule has 0 bridgehead atoms. The molecule has 3 heteroatoms. The van der Waals surface area contributed by atoms with Crippen molar-refractivity contribution >= 4 is 0 Å². The second kappa shape index (κ2) is 27.0. The zero-order valence-electron chi connectivity index (χ0n) is 31.3. The molecular weight excluding hydrogens is 562 g/mol. The van der Waals surface area contributed by atoms with Gasteiger partial charge in [-0.25, -0.2) is 0 Å². The number of likely N-dealkylation sites (N-methyl/N-ethyl adjacent to an activating group) is 1. The lowest BCUT2D eigenvalue weighted by atomic mass is 9.59. The average molecular weight is 642 g/mol. The third kappa shape index (κ3) is 20.5.